The fourth-order valence-electron chi connectivity index (χ4n) is 4.08. The largest absolute Gasteiger partial charge is 0.356 e. The minimum atomic E-state index is 0.104. The van der Waals surface area contributed by atoms with Crippen LogP contribution in [0.1, 0.15) is 34.1 Å². The molecule has 0 saturated carbocycles. The average Bonchev–Trinajstić information content (AvgIpc) is 3.17. The van der Waals surface area contributed by atoms with Crippen molar-refractivity contribution in [1.29, 1.82) is 0 Å². The Labute approximate surface area is 173 Å². The van der Waals surface area contributed by atoms with Gasteiger partial charge in [0.15, 0.2) is 0 Å². The first-order valence-electron chi connectivity index (χ1n) is 10.4. The third-order valence-corrected chi connectivity index (χ3v) is 5.97. The van der Waals surface area contributed by atoms with E-state index in [-0.39, 0.29) is 12.0 Å². The number of aromatic nitrogens is 1. The lowest BCUT2D eigenvalue weighted by atomic mass is 10.1. The van der Waals surface area contributed by atoms with Crippen LogP contribution < -0.4 is 9.80 Å². The quantitative estimate of drug-likeness (QED) is 0.800. The van der Waals surface area contributed by atoms with E-state index >= 15 is 0 Å². The molecule has 2 fully saturated rings. The Bertz CT molecular complexity index is 888. The number of piperazine rings is 1. The van der Waals surface area contributed by atoms with Crippen molar-refractivity contribution in [2.24, 2.45) is 0 Å². The Morgan fingerprint density at radius 2 is 1.69 bits per heavy atom. The van der Waals surface area contributed by atoms with Gasteiger partial charge < -0.3 is 19.4 Å². The number of amides is 1. The Balaban J connectivity index is 1.38. The molecule has 4 rings (SSSR count). The summed E-state index contributed by atoms with van der Waals surface area (Å²) in [7, 11) is 0. The number of hydrogen-bond acceptors (Lipinski definition) is 5. The molecule has 1 atom stereocenters. The number of rotatable bonds is 3. The normalized spacial score (nSPS) is 19.7. The van der Waals surface area contributed by atoms with Gasteiger partial charge in [-0.05, 0) is 63.1 Å². The second kappa shape index (κ2) is 8.03. The molecule has 1 aromatic heterocycles. The lowest BCUT2D eigenvalue weighted by Gasteiger charge is -2.36. The van der Waals surface area contributed by atoms with Crippen molar-refractivity contribution in [2.75, 3.05) is 49.3 Å². The van der Waals surface area contributed by atoms with Crippen LogP contribution in [-0.4, -0.2) is 61.3 Å². The Hall–Kier alpha value is -2.60. The van der Waals surface area contributed by atoms with E-state index in [1.54, 1.807) is 0 Å². The molecule has 1 amide bonds. The van der Waals surface area contributed by atoms with Crippen LogP contribution in [0, 0.1) is 20.8 Å². The highest BCUT2D eigenvalue weighted by Crippen LogP contribution is 2.23. The van der Waals surface area contributed by atoms with Crippen LogP contribution in [0.15, 0.2) is 30.3 Å². The molecule has 2 aliphatic rings. The van der Waals surface area contributed by atoms with Crippen LogP contribution in [0.5, 0.6) is 0 Å². The lowest BCUT2D eigenvalue weighted by molar-refractivity contribution is 0.0746. The highest BCUT2D eigenvalue weighted by atomic mass is 16.5. The predicted molar refractivity (Wildman–Crippen MR) is 116 cm³/mol. The Kier molecular flexibility index (Phi) is 5.46. The van der Waals surface area contributed by atoms with Gasteiger partial charge in [-0.15, -0.1) is 0 Å². The van der Waals surface area contributed by atoms with Crippen LogP contribution in [0.25, 0.3) is 0 Å². The molecule has 6 heteroatoms. The van der Waals surface area contributed by atoms with Crippen LogP contribution >= 0.6 is 0 Å². The van der Waals surface area contributed by atoms with Gasteiger partial charge in [-0.3, -0.25) is 4.79 Å². The molecule has 0 spiro atoms. The van der Waals surface area contributed by atoms with E-state index in [4.69, 9.17) is 9.72 Å². The van der Waals surface area contributed by atoms with Crippen molar-refractivity contribution < 1.29 is 9.53 Å². The summed E-state index contributed by atoms with van der Waals surface area (Å²) < 4.78 is 5.60. The molecular formula is C23H30N4O2. The Morgan fingerprint density at radius 1 is 1.00 bits per heavy atom. The third kappa shape index (κ3) is 4.08. The van der Waals surface area contributed by atoms with Crippen LogP contribution in [-0.2, 0) is 4.74 Å². The molecule has 0 bridgehead atoms. The summed E-state index contributed by atoms with van der Waals surface area (Å²) in [4.78, 5) is 24.2. The summed E-state index contributed by atoms with van der Waals surface area (Å²) in [5, 5.41) is 0. The van der Waals surface area contributed by atoms with Crippen LogP contribution in [0.2, 0.25) is 0 Å². The van der Waals surface area contributed by atoms with E-state index in [1.165, 1.54) is 11.1 Å². The van der Waals surface area contributed by atoms with Crippen LogP contribution in [0.3, 0.4) is 0 Å². The standard InChI is InChI=1S/C23H30N4O2/c1-16-13-17(2)22(24-19(16)4)25-9-11-26(12-10-25)23(28)20-5-7-21(8-6-20)27-14-18(3)29-15-27/h5-8,13,18H,9-12,14-15H2,1-4H3/t18-/m0/s1. The zero-order valence-electron chi connectivity index (χ0n) is 17.8. The number of anilines is 2. The van der Waals surface area contributed by atoms with Crippen molar-refractivity contribution in [2.45, 2.75) is 33.8 Å². The van der Waals surface area contributed by atoms with E-state index in [2.05, 4.69) is 43.6 Å². The highest BCUT2D eigenvalue weighted by molar-refractivity contribution is 5.94. The van der Waals surface area contributed by atoms with Crippen LogP contribution in [0.4, 0.5) is 11.5 Å². The summed E-state index contributed by atoms with van der Waals surface area (Å²) in [5.74, 6) is 1.15. The smallest absolute Gasteiger partial charge is 0.253 e. The van der Waals surface area contributed by atoms with Gasteiger partial charge in [-0.2, -0.15) is 0 Å². The number of hydrogen-bond donors (Lipinski definition) is 0. The van der Waals surface area contributed by atoms with E-state index in [0.29, 0.717) is 19.8 Å². The molecule has 3 heterocycles. The monoisotopic (exact) mass is 394 g/mol. The number of aryl methyl sites for hydroxylation is 3. The molecule has 2 aliphatic heterocycles. The highest BCUT2D eigenvalue weighted by Gasteiger charge is 2.25. The number of benzene rings is 1. The first-order valence-corrected chi connectivity index (χ1v) is 10.4. The Morgan fingerprint density at radius 3 is 2.31 bits per heavy atom. The molecule has 1 aromatic carbocycles. The van der Waals surface area contributed by atoms with E-state index < -0.39 is 0 Å². The second-order valence-electron chi connectivity index (χ2n) is 8.19. The molecule has 0 unspecified atom stereocenters. The van der Waals surface area contributed by atoms with E-state index in [0.717, 1.165) is 42.4 Å². The van der Waals surface area contributed by atoms with Crippen molar-refractivity contribution in [3.05, 3.63) is 52.7 Å². The zero-order chi connectivity index (χ0) is 20.5. The van der Waals surface area contributed by atoms with Gasteiger partial charge in [0, 0.05) is 49.7 Å². The van der Waals surface area contributed by atoms with Gasteiger partial charge in [0.1, 0.15) is 12.5 Å². The van der Waals surface area contributed by atoms with Crippen molar-refractivity contribution >= 4 is 17.4 Å². The second-order valence-corrected chi connectivity index (χ2v) is 8.19. The van der Waals surface area contributed by atoms with Crippen molar-refractivity contribution in [1.82, 2.24) is 9.88 Å². The fourth-order valence-corrected chi connectivity index (χ4v) is 4.08. The summed E-state index contributed by atoms with van der Waals surface area (Å²) >= 11 is 0. The topological polar surface area (TPSA) is 48.9 Å². The molecule has 6 nitrogen and oxygen atoms in total. The molecule has 154 valence electrons. The van der Waals surface area contributed by atoms with Gasteiger partial charge in [-0.25, -0.2) is 4.98 Å². The first-order chi connectivity index (χ1) is 13.9. The van der Waals surface area contributed by atoms with E-state index in [9.17, 15) is 4.79 Å². The summed E-state index contributed by atoms with van der Waals surface area (Å²) in [6.45, 7) is 12.9. The molecule has 0 aliphatic carbocycles. The molecule has 2 saturated heterocycles. The SMILES string of the molecule is Cc1cc(C)c(N2CCN(C(=O)c3ccc(N4CO[C@@H](C)C4)cc3)CC2)nc1C. The average molecular weight is 395 g/mol. The number of carbonyl (C=O) groups is 1. The minimum absolute atomic E-state index is 0.104. The predicted octanol–water partition coefficient (Wildman–Crippen LogP) is 3.15. The number of pyridine rings is 1. The maximum atomic E-state index is 12.9. The first kappa shape index (κ1) is 19.7. The van der Waals surface area contributed by atoms with Gasteiger partial charge in [0.05, 0.1) is 6.10 Å². The fraction of sp³-hybridized carbons (Fsp3) is 0.478. The van der Waals surface area contributed by atoms with Gasteiger partial charge in [-0.1, -0.05) is 6.07 Å². The third-order valence-electron chi connectivity index (χ3n) is 5.97. The van der Waals surface area contributed by atoms with Gasteiger partial charge in [0.2, 0.25) is 0 Å². The maximum absolute atomic E-state index is 12.9. The van der Waals surface area contributed by atoms with Crippen molar-refractivity contribution in [3.8, 4) is 0 Å². The number of ether oxygens (including phenoxy) is 1. The van der Waals surface area contributed by atoms with Gasteiger partial charge >= 0.3 is 0 Å². The number of carbonyl (C=O) groups excluding carboxylic acids is 1. The minimum Gasteiger partial charge on any atom is -0.356 e. The maximum Gasteiger partial charge on any atom is 0.253 e. The van der Waals surface area contributed by atoms with Crippen molar-refractivity contribution in [3.63, 3.8) is 0 Å². The molecular weight excluding hydrogens is 364 g/mol. The molecule has 0 N–H and O–H groups in total. The van der Waals surface area contributed by atoms with E-state index in [1.807, 2.05) is 29.2 Å². The summed E-state index contributed by atoms with van der Waals surface area (Å²) in [6.07, 6.45) is 0.253. The molecule has 29 heavy (non-hydrogen) atoms. The molecule has 0 radical (unpaired) electrons. The lowest BCUT2D eigenvalue weighted by Crippen LogP contribution is -2.49. The summed E-state index contributed by atoms with van der Waals surface area (Å²) in [6, 6.07) is 10.1. The number of nitrogens with zero attached hydrogens (tertiary/aromatic N) is 4. The van der Waals surface area contributed by atoms with Gasteiger partial charge in [0.25, 0.3) is 5.91 Å². The zero-order valence-corrected chi connectivity index (χ0v) is 17.8. The molecule has 2 aromatic rings. The summed E-state index contributed by atoms with van der Waals surface area (Å²) in [5.41, 5.74) is 5.34.